The molecule has 0 unspecified atom stereocenters. The number of pyridine rings is 1. The quantitative estimate of drug-likeness (QED) is 0.748. The number of anilines is 1. The summed E-state index contributed by atoms with van der Waals surface area (Å²) in [6.45, 7) is 0.685. The number of hydrogen-bond donors (Lipinski definition) is 2. The van der Waals surface area contributed by atoms with E-state index in [1.807, 2.05) is 30.5 Å². The molecule has 0 atom stereocenters. The molecule has 0 aliphatic carbocycles. The van der Waals surface area contributed by atoms with Crippen LogP contribution in [0, 0.1) is 5.82 Å². The van der Waals surface area contributed by atoms with Crippen LogP contribution in [-0.4, -0.2) is 18.6 Å². The molecule has 1 aliphatic rings. The van der Waals surface area contributed by atoms with Crippen LogP contribution in [0.4, 0.5) is 10.1 Å². The summed E-state index contributed by atoms with van der Waals surface area (Å²) in [6.07, 6.45) is 5.82. The summed E-state index contributed by atoms with van der Waals surface area (Å²) in [5, 5.41) is 3.91. The van der Waals surface area contributed by atoms with Gasteiger partial charge in [0.25, 0.3) is 0 Å². The van der Waals surface area contributed by atoms with E-state index >= 15 is 0 Å². The van der Waals surface area contributed by atoms with Crippen molar-refractivity contribution in [2.45, 2.75) is 0 Å². The molecule has 0 fully saturated rings. The highest BCUT2D eigenvalue weighted by atomic mass is 19.1. The van der Waals surface area contributed by atoms with Gasteiger partial charge in [0.1, 0.15) is 17.1 Å². The third-order valence-corrected chi connectivity index (χ3v) is 4.45. The monoisotopic (exact) mass is 347 g/mol. The van der Waals surface area contributed by atoms with Crippen LogP contribution in [0.5, 0.6) is 5.75 Å². The maximum atomic E-state index is 14.2. The Hall–Kier alpha value is -3.34. The van der Waals surface area contributed by atoms with Crippen molar-refractivity contribution in [3.63, 3.8) is 0 Å². The Morgan fingerprint density at radius 1 is 1.19 bits per heavy atom. The molecular weight excluding hydrogens is 329 g/mol. The fourth-order valence-electron chi connectivity index (χ4n) is 3.13. The summed E-state index contributed by atoms with van der Waals surface area (Å²) in [7, 11) is 1.58. The molecule has 1 aromatic heterocycles. The summed E-state index contributed by atoms with van der Waals surface area (Å²) in [4.78, 5) is 4.75. The molecule has 3 aromatic rings. The molecule has 5 heteroatoms. The van der Waals surface area contributed by atoms with Crippen LogP contribution in [0.1, 0.15) is 5.69 Å². The first-order valence-electron chi connectivity index (χ1n) is 8.30. The van der Waals surface area contributed by atoms with E-state index in [9.17, 15) is 4.39 Å². The normalized spacial score (nSPS) is 13.4. The molecule has 4 rings (SSSR count). The van der Waals surface area contributed by atoms with E-state index < -0.39 is 0 Å². The molecule has 26 heavy (non-hydrogen) atoms. The molecule has 0 radical (unpaired) electrons. The van der Waals surface area contributed by atoms with Gasteiger partial charge in [-0.05, 0) is 47.7 Å². The van der Waals surface area contributed by atoms with Gasteiger partial charge in [-0.2, -0.15) is 0 Å². The molecule has 1 aliphatic heterocycles. The summed E-state index contributed by atoms with van der Waals surface area (Å²) < 4.78 is 19.7. The number of rotatable bonds is 3. The topological polar surface area (TPSA) is 60.2 Å². The Morgan fingerprint density at radius 3 is 2.77 bits per heavy atom. The van der Waals surface area contributed by atoms with E-state index in [1.54, 1.807) is 31.4 Å². The number of halogens is 1. The molecule has 0 spiro atoms. The lowest BCUT2D eigenvalue weighted by Gasteiger charge is -2.15. The third-order valence-electron chi connectivity index (χ3n) is 4.45. The predicted molar refractivity (Wildman–Crippen MR) is 103 cm³/mol. The Morgan fingerprint density at radius 2 is 2.04 bits per heavy atom. The lowest BCUT2D eigenvalue weighted by Crippen LogP contribution is -2.13. The number of methoxy groups -OCH3 is 1. The number of nitrogens with one attached hydrogen (secondary N) is 1. The minimum Gasteiger partial charge on any atom is -0.494 e. The molecule has 0 saturated carbocycles. The zero-order valence-corrected chi connectivity index (χ0v) is 14.3. The van der Waals surface area contributed by atoms with E-state index in [4.69, 9.17) is 15.5 Å². The number of ether oxygens (including phenoxy) is 1. The minimum atomic E-state index is -0.290. The van der Waals surface area contributed by atoms with Gasteiger partial charge in [0, 0.05) is 23.2 Å². The number of hydrogen-bond acceptors (Lipinski definition) is 4. The van der Waals surface area contributed by atoms with Crippen LogP contribution in [0.3, 0.4) is 0 Å². The summed E-state index contributed by atoms with van der Waals surface area (Å²) in [5.74, 6) is 0.275. The first-order chi connectivity index (χ1) is 12.7. The minimum absolute atomic E-state index is 0.290. The average Bonchev–Trinajstić information content (AvgIpc) is 2.68. The second-order valence-corrected chi connectivity index (χ2v) is 6.08. The fraction of sp³-hybridized carbons (Fsp3) is 0.0952. The predicted octanol–water partition coefficient (Wildman–Crippen LogP) is 4.13. The van der Waals surface area contributed by atoms with E-state index in [0.29, 0.717) is 34.6 Å². The number of allylic oxidation sites excluding steroid dienone is 2. The van der Waals surface area contributed by atoms with Crippen molar-refractivity contribution < 1.29 is 9.13 Å². The van der Waals surface area contributed by atoms with E-state index in [-0.39, 0.29) is 5.82 Å². The smallest absolute Gasteiger partial charge is 0.145 e. The molecule has 130 valence electrons. The number of benzene rings is 2. The lowest BCUT2D eigenvalue weighted by molar-refractivity contribution is 0.419. The van der Waals surface area contributed by atoms with Crippen molar-refractivity contribution in [2.24, 2.45) is 0 Å². The van der Waals surface area contributed by atoms with Gasteiger partial charge in [-0.15, -0.1) is 0 Å². The highest BCUT2D eigenvalue weighted by Crippen LogP contribution is 2.36. The molecule has 3 N–H and O–H groups in total. The molecule has 4 nitrogen and oxygen atoms in total. The van der Waals surface area contributed by atoms with E-state index in [2.05, 4.69) is 5.32 Å². The fourth-order valence-corrected chi connectivity index (χ4v) is 3.13. The van der Waals surface area contributed by atoms with Gasteiger partial charge in [0.2, 0.25) is 0 Å². The van der Waals surface area contributed by atoms with Crippen molar-refractivity contribution in [1.82, 2.24) is 10.3 Å². The number of aromatic nitrogens is 1. The van der Waals surface area contributed by atoms with Gasteiger partial charge in [-0.25, -0.2) is 9.37 Å². The highest BCUT2D eigenvalue weighted by molar-refractivity contribution is 5.98. The first-order valence-corrected chi connectivity index (χ1v) is 8.30. The number of fused-ring (bicyclic) bond motifs is 1. The molecule has 2 aromatic carbocycles. The number of nitrogens with two attached hydrogens (primary N) is 1. The highest BCUT2D eigenvalue weighted by Gasteiger charge is 2.15. The van der Waals surface area contributed by atoms with Crippen molar-refractivity contribution in [1.29, 1.82) is 0 Å². The van der Waals surface area contributed by atoms with Crippen LogP contribution < -0.4 is 15.8 Å². The number of nitrogens with zero attached hydrogens (tertiary/aromatic N) is 1. The van der Waals surface area contributed by atoms with Gasteiger partial charge >= 0.3 is 0 Å². The van der Waals surface area contributed by atoms with Crippen molar-refractivity contribution in [2.75, 3.05) is 19.4 Å². The number of nitrogen functional groups attached to an aromatic ring is 1. The Bertz CT molecular complexity index is 1060. The van der Waals surface area contributed by atoms with Gasteiger partial charge in [0.15, 0.2) is 0 Å². The number of dihydropyridines is 1. The van der Waals surface area contributed by atoms with Crippen molar-refractivity contribution in [3.05, 3.63) is 72.3 Å². The molecule has 2 heterocycles. The Kier molecular flexibility index (Phi) is 4.05. The van der Waals surface area contributed by atoms with Crippen LogP contribution in [0.15, 0.2) is 60.8 Å². The summed E-state index contributed by atoms with van der Waals surface area (Å²) >= 11 is 0. The van der Waals surface area contributed by atoms with Crippen molar-refractivity contribution in [3.8, 4) is 16.9 Å². The standard InChI is InChI=1S/C21H18FN3O/c1-26-20-10-14(15-6-2-3-7-17(15)22)9-16-18(23)11-19(25-21(16)20)13-5-4-8-24-12-13/h2-11,24H,12H2,1H3,(H2,23,25). The van der Waals surface area contributed by atoms with Crippen LogP contribution in [0.25, 0.3) is 27.6 Å². The molecular formula is C21H18FN3O. The lowest BCUT2D eigenvalue weighted by atomic mass is 10.00. The van der Waals surface area contributed by atoms with Crippen LogP contribution in [-0.2, 0) is 0 Å². The SMILES string of the molecule is COc1cc(-c2ccccc2F)cc2c(N)cc(C3=CC=CNC3)nc12. The van der Waals surface area contributed by atoms with E-state index in [0.717, 1.165) is 16.7 Å². The molecule has 0 bridgehead atoms. The molecule has 0 amide bonds. The molecule has 0 saturated heterocycles. The van der Waals surface area contributed by atoms with Gasteiger partial charge < -0.3 is 15.8 Å². The Labute approximate surface area is 150 Å². The largest absolute Gasteiger partial charge is 0.494 e. The zero-order valence-electron chi connectivity index (χ0n) is 14.3. The zero-order chi connectivity index (χ0) is 18.1. The second-order valence-electron chi connectivity index (χ2n) is 6.08. The third kappa shape index (κ3) is 2.77. The van der Waals surface area contributed by atoms with E-state index in [1.165, 1.54) is 6.07 Å². The Balaban J connectivity index is 1.93. The summed E-state index contributed by atoms with van der Waals surface area (Å²) in [5.41, 5.74) is 10.6. The maximum absolute atomic E-state index is 14.2. The maximum Gasteiger partial charge on any atom is 0.145 e. The van der Waals surface area contributed by atoms with Crippen LogP contribution in [0.2, 0.25) is 0 Å². The first kappa shape index (κ1) is 16.1. The average molecular weight is 347 g/mol. The van der Waals surface area contributed by atoms with Gasteiger partial charge in [-0.1, -0.05) is 24.3 Å². The van der Waals surface area contributed by atoms with Gasteiger partial charge in [-0.3, -0.25) is 0 Å². The summed E-state index contributed by atoms with van der Waals surface area (Å²) in [6, 6.07) is 12.1. The van der Waals surface area contributed by atoms with Crippen molar-refractivity contribution >= 4 is 22.2 Å². The second kappa shape index (κ2) is 6.52. The van der Waals surface area contributed by atoms with Crippen LogP contribution >= 0.6 is 0 Å². The van der Waals surface area contributed by atoms with Gasteiger partial charge in [0.05, 0.1) is 12.8 Å².